The fourth-order valence-corrected chi connectivity index (χ4v) is 9.06. The van der Waals surface area contributed by atoms with Crippen molar-refractivity contribution in [2.75, 3.05) is 77.1 Å². The molecule has 0 fully saturated rings. The van der Waals surface area contributed by atoms with E-state index in [4.69, 9.17) is 46.5 Å². The molecule has 0 bridgehead atoms. The Morgan fingerprint density at radius 3 is 1.27 bits per heavy atom. The number of aryl methyl sites for hydroxylation is 2. The molecule has 4 aromatic rings. The van der Waals surface area contributed by atoms with Crippen LogP contribution in [0.4, 0.5) is 0 Å². The van der Waals surface area contributed by atoms with Crippen LogP contribution in [-0.4, -0.2) is 162 Å². The van der Waals surface area contributed by atoms with Crippen molar-refractivity contribution in [2.45, 2.75) is 97.1 Å². The Labute approximate surface area is 603 Å². The molecule has 6 rings (SSSR count). The molecule has 5 N–H and O–H groups in total. The molecule has 37 heteroatoms. The SMILES string of the molecule is CC(=O)SCC(=O)NCC(=O)NCC(=O)NCC(=O)NCCCCCCOc1ccc(C(=O)c2ccc3n2CCC3)cc1.O=C(C[S-])[N-]CC(=O)[N-]CC(=O)[N-]CC(=O)NCCCCCCOc1ccc(C(=O)c2ccc3n2CCC3)cc1.O=C=O.O=C=O.[Na+].[O]=[95Tc+4].[O]=[Tc](=[O])(=[O])[O-]. The van der Waals surface area contributed by atoms with E-state index in [1.54, 1.807) is 24.3 Å². The minimum absolute atomic E-state index is 0. The molecule has 32 nitrogen and oxygen atoms in total. The first-order chi connectivity index (χ1) is 45.9. The third-order valence-corrected chi connectivity index (χ3v) is 13.9. The molecule has 0 radical (unpaired) electrons. The van der Waals surface area contributed by atoms with Crippen LogP contribution in [0.15, 0.2) is 72.8 Å². The van der Waals surface area contributed by atoms with E-state index < -0.39 is 70.0 Å². The Morgan fingerprint density at radius 1 is 0.526 bits per heavy atom. The number of unbranched alkanes of at least 4 members (excludes halogenated alkanes) is 6. The quantitative estimate of drug-likeness (QED) is 0.0151. The van der Waals surface area contributed by atoms with E-state index >= 15 is 0 Å². The van der Waals surface area contributed by atoms with E-state index in [1.807, 2.05) is 48.5 Å². The van der Waals surface area contributed by atoms with Gasteiger partial charge in [-0.2, -0.15) is 19.2 Å². The normalized spacial score (nSPS) is 10.9. The van der Waals surface area contributed by atoms with Crippen LogP contribution in [-0.2, 0) is 149 Å². The summed E-state index contributed by atoms with van der Waals surface area (Å²) in [6, 6.07) is 22.4. The van der Waals surface area contributed by atoms with Crippen LogP contribution in [0.25, 0.3) is 16.0 Å². The van der Waals surface area contributed by atoms with Gasteiger partial charge >= 0.3 is 94.1 Å². The van der Waals surface area contributed by atoms with E-state index in [0.29, 0.717) is 37.4 Å². The van der Waals surface area contributed by atoms with Crippen molar-refractivity contribution in [2.24, 2.45) is 0 Å². The first-order valence-corrected chi connectivity index (χ1v) is 34.6. The number of rotatable bonds is 35. The number of ether oxygens (including phenoxy) is 2. The maximum atomic E-state index is 12.9. The van der Waals surface area contributed by atoms with Gasteiger partial charge in [-0.3, -0.25) is 38.4 Å². The van der Waals surface area contributed by atoms with E-state index in [-0.39, 0.29) is 102 Å². The Kier molecular flexibility index (Phi) is 49.1. The molecule has 97 heavy (non-hydrogen) atoms. The predicted molar refractivity (Wildman–Crippen MR) is 326 cm³/mol. The second kappa shape index (κ2) is 53.4. The molecule has 2 aliphatic heterocycles. The third kappa shape index (κ3) is 41.9. The molecule has 521 valence electrons. The summed E-state index contributed by atoms with van der Waals surface area (Å²) in [4.78, 5) is 162. The van der Waals surface area contributed by atoms with Crippen LogP contribution >= 0.6 is 11.8 Å². The molecule has 0 atom stereocenters. The van der Waals surface area contributed by atoms with Gasteiger partial charge in [-0.25, -0.2) is 0 Å². The molecule has 2 aromatic carbocycles. The van der Waals surface area contributed by atoms with Crippen LogP contribution in [0.3, 0.4) is 0 Å². The number of aromatic nitrogens is 2. The van der Waals surface area contributed by atoms with Gasteiger partial charge in [-0.1, -0.05) is 50.5 Å². The number of amides is 8. The predicted octanol–water partition coefficient (Wildman–Crippen LogP) is -1.51. The van der Waals surface area contributed by atoms with Crippen molar-refractivity contribution in [1.82, 2.24) is 35.7 Å². The fourth-order valence-electron chi connectivity index (χ4n) is 8.53. The van der Waals surface area contributed by atoms with Gasteiger partial charge in [0.2, 0.25) is 41.1 Å². The zero-order valence-electron chi connectivity index (χ0n) is 53.1. The minimum atomic E-state index is -5.94. The second-order valence-corrected chi connectivity index (χ2v) is 23.1. The van der Waals surface area contributed by atoms with Crippen molar-refractivity contribution in [1.29, 1.82) is 0 Å². The number of nitrogens with one attached hydrogen (secondary N) is 5. The average molecular weight is 1570 g/mol. The van der Waals surface area contributed by atoms with Crippen LogP contribution in [0.1, 0.15) is 115 Å². The zero-order valence-corrected chi connectivity index (χ0v) is 60.5. The zero-order chi connectivity index (χ0) is 71.7. The summed E-state index contributed by atoms with van der Waals surface area (Å²) < 4.78 is 58.5. The topological polar surface area (TPSA) is 478 Å². The van der Waals surface area contributed by atoms with Crippen LogP contribution in [0, 0.1) is 0 Å². The summed E-state index contributed by atoms with van der Waals surface area (Å²) in [5.41, 5.74) is 5.22. The van der Waals surface area contributed by atoms with Crippen molar-refractivity contribution >= 4 is 101 Å². The van der Waals surface area contributed by atoms with E-state index in [0.717, 1.165) is 144 Å². The maximum absolute atomic E-state index is 12.9. The van der Waals surface area contributed by atoms with Gasteiger partial charge in [0.05, 0.1) is 50.0 Å². The van der Waals surface area contributed by atoms with Gasteiger partial charge in [0.1, 0.15) is 11.5 Å². The van der Waals surface area contributed by atoms with E-state index in [9.17, 15) is 52.7 Å². The molecular weight excluding hydrogens is 1490 g/mol. The van der Waals surface area contributed by atoms with Gasteiger partial charge in [-0.05, 0) is 131 Å². The van der Waals surface area contributed by atoms with Gasteiger partial charge in [-0.15, -0.1) is 5.75 Å². The van der Waals surface area contributed by atoms with Crippen LogP contribution < -0.4 is 69.5 Å². The van der Waals surface area contributed by atoms with Crippen molar-refractivity contribution in [3.63, 3.8) is 0 Å². The van der Waals surface area contributed by atoms with Gasteiger partial charge in [0.15, 0.2) is 5.12 Å². The van der Waals surface area contributed by atoms with Gasteiger partial charge in [0, 0.05) is 73.3 Å². The molecule has 2 aromatic heterocycles. The Morgan fingerprint density at radius 2 is 0.876 bits per heavy atom. The summed E-state index contributed by atoms with van der Waals surface area (Å²) >= 11 is 0.285. The molecule has 0 aliphatic carbocycles. The molecule has 0 spiro atoms. The molecule has 2 aliphatic rings. The summed E-state index contributed by atoms with van der Waals surface area (Å²) in [6.45, 7) is 3.04. The molecular formula is C60H72N10NaO22S2Tc2. The summed E-state index contributed by atoms with van der Waals surface area (Å²) in [5, 5.41) is 22.7. The molecule has 0 saturated heterocycles. The number of hydrogen-bond acceptors (Lipinski definition) is 24. The Balaban J connectivity index is 0.00000160. The number of carbonyl (C=O) groups excluding carboxylic acids is 15. The van der Waals surface area contributed by atoms with Crippen molar-refractivity contribution in [3.8, 4) is 11.5 Å². The van der Waals surface area contributed by atoms with E-state index in [1.165, 1.54) is 18.3 Å². The number of fused-ring (bicyclic) bond motifs is 2. The molecule has 4 heterocycles. The first kappa shape index (κ1) is 89.3. The first-order valence-electron chi connectivity index (χ1n) is 29.3. The van der Waals surface area contributed by atoms with Gasteiger partial charge < -0.3 is 88.2 Å². The number of ketones is 2. The van der Waals surface area contributed by atoms with Gasteiger partial charge in [0.25, 0.3) is 0 Å². The Bertz CT molecular complexity index is 3420. The second-order valence-electron chi connectivity index (χ2n) is 19.8. The summed E-state index contributed by atoms with van der Waals surface area (Å²) in [7, 11) is 0. The summed E-state index contributed by atoms with van der Waals surface area (Å²) in [5.74, 6) is -3.11. The molecule has 8 amide bonds. The number of nitrogens with zero attached hydrogens (tertiary/aromatic N) is 5. The monoisotopic (exact) mass is 1560 g/mol. The van der Waals surface area contributed by atoms with Crippen LogP contribution in [0.2, 0.25) is 0 Å². The fraction of sp³-hybridized carbons (Fsp3) is 0.450. The summed E-state index contributed by atoms with van der Waals surface area (Å²) in [6.07, 6.45) is 11.6. The third-order valence-electron chi connectivity index (χ3n) is 12.8. The van der Waals surface area contributed by atoms with E-state index in [2.05, 4.69) is 64.3 Å². The molecule has 0 unspecified atom stereocenters. The Hall–Kier alpha value is -7.71. The number of carbonyl (C=O) groups is 11. The van der Waals surface area contributed by atoms with Crippen molar-refractivity contribution in [3.05, 3.63) is 123 Å². The number of benzene rings is 2. The number of thioether (sulfide) groups is 1. The average Bonchev–Trinajstić information content (AvgIpc) is 1.67. The molecule has 0 saturated carbocycles. The number of hydrogen-bond donors (Lipinski definition) is 5. The standard InChI is InChI=1S/C30H39N5O7S.C28H37N5O6S.2CO2.Na.5O.2Tc/c1-21(36)43-20-29(40)34-19-28(39)33-18-27(38)32-17-26(37)31-14-4-2-3-5-16-42-24-11-8-22(9-12-24)30(41)25-13-10-23-7-6-15-35(23)25;34-24(16-30-25(35)17-31-26(36)18-32-27(37)19-40)29-13-3-1-2-4-15-39-22-10-7-20(8-11-22)28(38)23-12-9-21-6-5-14-33(21)23;2*2-1-3;;;;;;;;/h8-13H,2-7,14-20H2,1H3,(H,31,37)(H,32,38)(H,33,39)(H,34,40);7-12H,1-6,13-19H2,(H5,29,30,31,32,34,35,36,37,40);;;;;;;;;;/q;;;;+1;;;;;-1;+4;/p-4/i;;;;;;;;;;1-3;. The van der Waals surface area contributed by atoms with Crippen molar-refractivity contribution < 1.29 is 163 Å². The van der Waals surface area contributed by atoms with Crippen LogP contribution in [0.5, 0.6) is 11.5 Å².